The number of aromatic nitrogens is 2. The van der Waals surface area contributed by atoms with Crippen molar-refractivity contribution in [1.82, 2.24) is 15.3 Å². The van der Waals surface area contributed by atoms with Crippen molar-refractivity contribution in [3.05, 3.63) is 41.1 Å². The minimum atomic E-state index is -3.44. The molecule has 30 heavy (non-hydrogen) atoms. The third kappa shape index (κ3) is 3.72. The standard InChI is InChI=1S/C20H20ClN3O5S/c21-12-9-15-20(22-10-12)29-19(24-15)11-1-3-13(4-2-11)23-18(25)16-7-8-17(28-16)30(26,27)14-5-6-14/h7-11,13-14H,1-6H2,(H,23,25)/t11-,13-. The lowest BCUT2D eigenvalue weighted by Gasteiger charge is -2.27. The first-order valence-corrected chi connectivity index (χ1v) is 11.9. The zero-order chi connectivity index (χ0) is 20.9. The lowest BCUT2D eigenvalue weighted by atomic mass is 9.86. The van der Waals surface area contributed by atoms with Gasteiger partial charge in [0.1, 0.15) is 5.52 Å². The van der Waals surface area contributed by atoms with Gasteiger partial charge in [-0.05, 0) is 56.7 Å². The van der Waals surface area contributed by atoms with Crippen molar-refractivity contribution in [3.63, 3.8) is 0 Å². The highest BCUT2D eigenvalue weighted by Crippen LogP contribution is 2.35. The van der Waals surface area contributed by atoms with Crippen LogP contribution in [0.15, 0.2) is 38.3 Å². The minimum absolute atomic E-state index is 0.0145. The summed E-state index contributed by atoms with van der Waals surface area (Å²) < 4.78 is 35.6. The summed E-state index contributed by atoms with van der Waals surface area (Å²) in [7, 11) is -3.44. The number of rotatable bonds is 5. The number of sulfone groups is 1. The van der Waals surface area contributed by atoms with Gasteiger partial charge in [-0.25, -0.2) is 18.4 Å². The normalized spacial score (nSPS) is 22.3. The van der Waals surface area contributed by atoms with E-state index in [9.17, 15) is 13.2 Å². The van der Waals surface area contributed by atoms with E-state index >= 15 is 0 Å². The maximum Gasteiger partial charge on any atom is 0.287 e. The highest BCUT2D eigenvalue weighted by molar-refractivity contribution is 7.92. The van der Waals surface area contributed by atoms with Gasteiger partial charge < -0.3 is 14.2 Å². The summed E-state index contributed by atoms with van der Waals surface area (Å²) in [6.45, 7) is 0. The molecule has 5 rings (SSSR count). The fourth-order valence-corrected chi connectivity index (χ4v) is 5.57. The van der Waals surface area contributed by atoms with Crippen LogP contribution in [0.2, 0.25) is 5.02 Å². The van der Waals surface area contributed by atoms with Gasteiger partial charge in [0.05, 0.1) is 10.3 Å². The van der Waals surface area contributed by atoms with Crippen LogP contribution in [-0.2, 0) is 9.84 Å². The number of hydrogen-bond acceptors (Lipinski definition) is 7. The molecule has 0 radical (unpaired) electrons. The van der Waals surface area contributed by atoms with E-state index in [-0.39, 0.29) is 28.1 Å². The third-order valence-electron chi connectivity index (χ3n) is 5.69. The van der Waals surface area contributed by atoms with Crippen molar-refractivity contribution in [2.45, 2.75) is 60.8 Å². The molecule has 2 fully saturated rings. The fourth-order valence-electron chi connectivity index (χ4n) is 3.87. The molecule has 10 heteroatoms. The first kappa shape index (κ1) is 19.6. The molecular weight excluding hydrogens is 430 g/mol. The first-order valence-electron chi connectivity index (χ1n) is 9.97. The fraction of sp³-hybridized carbons (Fsp3) is 0.450. The van der Waals surface area contributed by atoms with Gasteiger partial charge in [-0.15, -0.1) is 0 Å². The molecule has 2 aliphatic carbocycles. The van der Waals surface area contributed by atoms with E-state index in [4.69, 9.17) is 20.4 Å². The third-order valence-corrected chi connectivity index (χ3v) is 8.03. The van der Waals surface area contributed by atoms with Gasteiger partial charge in [-0.3, -0.25) is 4.79 Å². The Labute approximate surface area is 177 Å². The highest BCUT2D eigenvalue weighted by Gasteiger charge is 2.39. The van der Waals surface area contributed by atoms with Crippen LogP contribution >= 0.6 is 11.6 Å². The maximum absolute atomic E-state index is 12.5. The summed E-state index contributed by atoms with van der Waals surface area (Å²) in [6, 6.07) is 4.50. The summed E-state index contributed by atoms with van der Waals surface area (Å²) in [5.41, 5.74) is 1.11. The number of carbonyl (C=O) groups excluding carboxylic acids is 1. The molecule has 0 unspecified atom stereocenters. The first-order chi connectivity index (χ1) is 14.4. The average Bonchev–Trinajstić information content (AvgIpc) is 3.32. The molecule has 0 atom stereocenters. The SMILES string of the molecule is O=C(N[C@H]1CC[C@H](c2nc3cc(Cl)cnc3o2)CC1)c1ccc(S(=O)(=O)C2CC2)o1. The Morgan fingerprint density at radius 3 is 2.60 bits per heavy atom. The van der Waals surface area contributed by atoms with Gasteiger partial charge in [-0.1, -0.05) is 11.6 Å². The van der Waals surface area contributed by atoms with Crippen LogP contribution in [0.5, 0.6) is 0 Å². The Bertz CT molecular complexity index is 1210. The Balaban J connectivity index is 1.20. The molecule has 158 valence electrons. The van der Waals surface area contributed by atoms with Gasteiger partial charge in [0.25, 0.3) is 5.91 Å². The zero-order valence-electron chi connectivity index (χ0n) is 16.0. The van der Waals surface area contributed by atoms with E-state index in [1.807, 2.05) is 0 Å². The zero-order valence-corrected chi connectivity index (χ0v) is 17.6. The summed E-state index contributed by atoms with van der Waals surface area (Å²) >= 11 is 5.95. The molecule has 2 aliphatic rings. The molecule has 0 saturated heterocycles. The Morgan fingerprint density at radius 2 is 1.87 bits per heavy atom. The highest BCUT2D eigenvalue weighted by atomic mass is 35.5. The number of furan rings is 1. The van der Waals surface area contributed by atoms with E-state index in [0.717, 1.165) is 25.7 Å². The second kappa shape index (κ2) is 7.39. The van der Waals surface area contributed by atoms with Crippen molar-refractivity contribution in [2.75, 3.05) is 0 Å². The predicted octanol–water partition coefficient (Wildman–Crippen LogP) is 3.86. The van der Waals surface area contributed by atoms with Gasteiger partial charge in [-0.2, -0.15) is 0 Å². The number of fused-ring (bicyclic) bond motifs is 1. The number of halogens is 1. The minimum Gasteiger partial charge on any atom is -0.440 e. The predicted molar refractivity (Wildman–Crippen MR) is 108 cm³/mol. The van der Waals surface area contributed by atoms with Crippen molar-refractivity contribution in [1.29, 1.82) is 0 Å². The molecule has 0 bridgehead atoms. The van der Waals surface area contributed by atoms with Crippen molar-refractivity contribution < 1.29 is 22.0 Å². The van der Waals surface area contributed by atoms with Crippen LogP contribution in [0, 0.1) is 0 Å². The smallest absolute Gasteiger partial charge is 0.287 e. The van der Waals surface area contributed by atoms with Crippen molar-refractivity contribution >= 4 is 38.6 Å². The number of nitrogens with zero attached hydrogens (tertiary/aromatic N) is 2. The molecule has 1 N–H and O–H groups in total. The average molecular weight is 450 g/mol. The van der Waals surface area contributed by atoms with E-state index in [1.165, 1.54) is 18.3 Å². The number of amides is 1. The Morgan fingerprint density at radius 1 is 1.10 bits per heavy atom. The molecule has 0 aliphatic heterocycles. The number of carbonyl (C=O) groups is 1. The van der Waals surface area contributed by atoms with Crippen LogP contribution in [0.4, 0.5) is 0 Å². The van der Waals surface area contributed by atoms with Crippen molar-refractivity contribution in [3.8, 4) is 0 Å². The molecular formula is C20H20ClN3O5S. The van der Waals surface area contributed by atoms with Crippen LogP contribution in [0.25, 0.3) is 11.2 Å². The van der Waals surface area contributed by atoms with Gasteiger partial charge in [0, 0.05) is 18.2 Å². The van der Waals surface area contributed by atoms with E-state index in [2.05, 4.69) is 15.3 Å². The summed E-state index contributed by atoms with van der Waals surface area (Å²) in [5.74, 6) is 0.435. The quantitative estimate of drug-likeness (QED) is 0.628. The molecule has 3 aromatic rings. The van der Waals surface area contributed by atoms with Gasteiger partial charge >= 0.3 is 0 Å². The summed E-state index contributed by atoms with van der Waals surface area (Å²) in [5, 5.41) is 2.97. The van der Waals surface area contributed by atoms with Gasteiger partial charge in [0.2, 0.25) is 26.5 Å². The van der Waals surface area contributed by atoms with Crippen LogP contribution < -0.4 is 5.32 Å². The second-order valence-corrected chi connectivity index (χ2v) is 10.5. The molecule has 3 aromatic heterocycles. The van der Waals surface area contributed by atoms with E-state index in [1.54, 1.807) is 6.07 Å². The molecule has 1 amide bonds. The van der Waals surface area contributed by atoms with Crippen molar-refractivity contribution in [2.24, 2.45) is 0 Å². The topological polar surface area (TPSA) is 115 Å². The van der Waals surface area contributed by atoms with Crippen LogP contribution in [0.1, 0.15) is 60.9 Å². The molecule has 2 saturated carbocycles. The Hall–Kier alpha value is -2.39. The number of nitrogens with one attached hydrogen (secondary N) is 1. The molecule has 0 spiro atoms. The number of hydrogen-bond donors (Lipinski definition) is 1. The second-order valence-electron chi connectivity index (χ2n) is 7.91. The number of oxazole rings is 1. The Kier molecular flexibility index (Phi) is 4.82. The largest absolute Gasteiger partial charge is 0.440 e. The lowest BCUT2D eigenvalue weighted by molar-refractivity contribution is 0.0891. The van der Waals surface area contributed by atoms with E-state index < -0.39 is 15.7 Å². The molecule has 3 heterocycles. The van der Waals surface area contributed by atoms with Gasteiger partial charge in [0.15, 0.2) is 5.76 Å². The molecule has 0 aromatic carbocycles. The van der Waals surface area contributed by atoms with Crippen LogP contribution in [-0.4, -0.2) is 35.6 Å². The molecule has 8 nitrogen and oxygen atoms in total. The maximum atomic E-state index is 12.5. The van der Waals surface area contributed by atoms with Crippen LogP contribution in [0.3, 0.4) is 0 Å². The monoisotopic (exact) mass is 449 g/mol. The number of pyridine rings is 1. The lowest BCUT2D eigenvalue weighted by Crippen LogP contribution is -2.37. The van der Waals surface area contributed by atoms with E-state index in [0.29, 0.717) is 35.0 Å². The summed E-state index contributed by atoms with van der Waals surface area (Å²) in [4.78, 5) is 21.1. The summed E-state index contributed by atoms with van der Waals surface area (Å²) in [6.07, 6.45) is 5.97.